The highest BCUT2D eigenvalue weighted by molar-refractivity contribution is 7.15. The highest BCUT2D eigenvalue weighted by Gasteiger charge is 2.25. The van der Waals surface area contributed by atoms with E-state index >= 15 is 0 Å². The molecule has 0 bridgehead atoms. The van der Waals surface area contributed by atoms with Crippen LogP contribution in [0.5, 0.6) is 11.5 Å². The molecular formula is C10H7ClN2O2S. The van der Waals surface area contributed by atoms with Crippen LogP contribution in [0.15, 0.2) is 24.3 Å². The van der Waals surface area contributed by atoms with Gasteiger partial charge in [-0.3, -0.25) is 0 Å². The van der Waals surface area contributed by atoms with Gasteiger partial charge in [0.1, 0.15) is 6.61 Å². The molecule has 0 radical (unpaired) electrons. The first-order chi connectivity index (χ1) is 7.83. The van der Waals surface area contributed by atoms with Crippen molar-refractivity contribution in [2.24, 2.45) is 0 Å². The maximum absolute atomic E-state index is 5.76. The lowest BCUT2D eigenvalue weighted by Crippen LogP contribution is -2.21. The van der Waals surface area contributed by atoms with Gasteiger partial charge in [0.15, 0.2) is 22.6 Å². The number of hydrogen-bond acceptors (Lipinski definition) is 5. The monoisotopic (exact) mass is 254 g/mol. The lowest BCUT2D eigenvalue weighted by atomic mass is 10.3. The number of nitrogens with zero attached hydrogens (tertiary/aromatic N) is 2. The second kappa shape index (κ2) is 3.92. The van der Waals surface area contributed by atoms with Gasteiger partial charge in [0.05, 0.1) is 0 Å². The molecule has 0 amide bonds. The van der Waals surface area contributed by atoms with Crippen molar-refractivity contribution in [1.29, 1.82) is 0 Å². The molecule has 1 unspecified atom stereocenters. The van der Waals surface area contributed by atoms with Crippen LogP contribution in [0.2, 0.25) is 4.47 Å². The number of fused-ring (bicyclic) bond motifs is 1. The predicted octanol–water partition coefficient (Wildman–Crippen LogP) is 2.70. The molecule has 2 heterocycles. The first-order valence-electron chi connectivity index (χ1n) is 4.70. The van der Waals surface area contributed by atoms with Crippen molar-refractivity contribution in [2.75, 3.05) is 6.61 Å². The fraction of sp³-hybridized carbons (Fsp3) is 0.200. The SMILES string of the molecule is Clc1nnc(C2COc3ccccc3O2)s1. The van der Waals surface area contributed by atoms with E-state index in [9.17, 15) is 0 Å². The Labute approximate surface area is 101 Å². The summed E-state index contributed by atoms with van der Waals surface area (Å²) < 4.78 is 11.7. The molecule has 6 heteroatoms. The summed E-state index contributed by atoms with van der Waals surface area (Å²) in [6.45, 7) is 0.433. The molecule has 1 aromatic carbocycles. The van der Waals surface area contributed by atoms with E-state index in [-0.39, 0.29) is 6.10 Å². The Balaban J connectivity index is 1.88. The molecule has 3 rings (SSSR count). The molecule has 16 heavy (non-hydrogen) atoms. The standard InChI is InChI=1S/C10H7ClN2O2S/c11-10-13-12-9(16-10)8-5-14-6-3-1-2-4-7(6)15-8/h1-4,8H,5H2. The van der Waals surface area contributed by atoms with Crippen LogP contribution < -0.4 is 9.47 Å². The van der Waals surface area contributed by atoms with Crippen LogP contribution in [-0.4, -0.2) is 16.8 Å². The first kappa shape index (κ1) is 9.86. The van der Waals surface area contributed by atoms with E-state index in [1.54, 1.807) is 0 Å². The van der Waals surface area contributed by atoms with Gasteiger partial charge in [-0.25, -0.2) is 0 Å². The highest BCUT2D eigenvalue weighted by Crippen LogP contribution is 2.36. The van der Waals surface area contributed by atoms with Crippen molar-refractivity contribution in [3.63, 3.8) is 0 Å². The van der Waals surface area contributed by atoms with Gasteiger partial charge < -0.3 is 9.47 Å². The summed E-state index contributed by atoms with van der Waals surface area (Å²) in [6, 6.07) is 7.55. The molecule has 0 N–H and O–H groups in total. The molecule has 1 aromatic heterocycles. The van der Waals surface area contributed by atoms with Crippen molar-refractivity contribution < 1.29 is 9.47 Å². The van der Waals surface area contributed by atoms with E-state index < -0.39 is 0 Å². The van der Waals surface area contributed by atoms with Crippen molar-refractivity contribution in [2.45, 2.75) is 6.10 Å². The number of aromatic nitrogens is 2. The molecule has 0 aliphatic carbocycles. The number of hydrogen-bond donors (Lipinski definition) is 0. The van der Waals surface area contributed by atoms with Gasteiger partial charge in [-0.1, -0.05) is 23.5 Å². The zero-order valence-electron chi connectivity index (χ0n) is 8.09. The van der Waals surface area contributed by atoms with Crippen LogP contribution in [0.25, 0.3) is 0 Å². The van der Waals surface area contributed by atoms with Crippen LogP contribution in [0.4, 0.5) is 0 Å². The maximum atomic E-state index is 5.76. The van der Waals surface area contributed by atoms with E-state index in [1.807, 2.05) is 24.3 Å². The number of halogens is 1. The fourth-order valence-electron chi connectivity index (χ4n) is 1.49. The van der Waals surface area contributed by atoms with Crippen LogP contribution in [0.1, 0.15) is 11.1 Å². The molecular weight excluding hydrogens is 248 g/mol. The lowest BCUT2D eigenvalue weighted by molar-refractivity contribution is 0.0906. The van der Waals surface area contributed by atoms with Crippen LogP contribution in [0, 0.1) is 0 Å². The summed E-state index contributed by atoms with van der Waals surface area (Å²) in [4.78, 5) is 0. The summed E-state index contributed by atoms with van der Waals surface area (Å²) in [5, 5.41) is 8.43. The molecule has 4 nitrogen and oxygen atoms in total. The summed E-state index contributed by atoms with van der Waals surface area (Å²) >= 11 is 7.04. The number of ether oxygens (including phenoxy) is 2. The molecule has 0 spiro atoms. The zero-order chi connectivity index (χ0) is 11.0. The normalized spacial score (nSPS) is 18.4. The summed E-state index contributed by atoms with van der Waals surface area (Å²) in [5.41, 5.74) is 0. The first-order valence-corrected chi connectivity index (χ1v) is 5.90. The molecule has 2 aromatic rings. The maximum Gasteiger partial charge on any atom is 0.207 e. The lowest BCUT2D eigenvalue weighted by Gasteiger charge is -2.24. The third-order valence-corrected chi connectivity index (χ3v) is 3.31. The van der Waals surface area contributed by atoms with Crippen molar-refractivity contribution in [3.8, 4) is 11.5 Å². The molecule has 82 valence electrons. The third-order valence-electron chi connectivity index (χ3n) is 2.20. The summed E-state index contributed by atoms with van der Waals surface area (Å²) in [6.07, 6.45) is -0.222. The minimum Gasteiger partial charge on any atom is -0.485 e. The second-order valence-corrected chi connectivity index (χ2v) is 4.85. The van der Waals surface area contributed by atoms with Crippen molar-refractivity contribution >= 4 is 22.9 Å². The Morgan fingerprint density at radius 1 is 1.25 bits per heavy atom. The molecule has 0 fully saturated rings. The van der Waals surface area contributed by atoms with E-state index in [0.29, 0.717) is 11.1 Å². The Morgan fingerprint density at radius 2 is 2.06 bits per heavy atom. The fourth-order valence-corrected chi connectivity index (χ4v) is 2.35. The van der Waals surface area contributed by atoms with E-state index in [4.69, 9.17) is 21.1 Å². The van der Waals surface area contributed by atoms with Crippen LogP contribution in [-0.2, 0) is 0 Å². The summed E-state index contributed by atoms with van der Waals surface area (Å²) in [7, 11) is 0. The largest absolute Gasteiger partial charge is 0.485 e. The predicted molar refractivity (Wildman–Crippen MR) is 60.2 cm³/mol. The van der Waals surface area contributed by atoms with Gasteiger partial charge in [-0.05, 0) is 23.7 Å². The minimum atomic E-state index is -0.222. The van der Waals surface area contributed by atoms with Gasteiger partial charge in [-0.15, -0.1) is 10.2 Å². The van der Waals surface area contributed by atoms with E-state index in [0.717, 1.165) is 16.5 Å². The molecule has 1 aliphatic heterocycles. The van der Waals surface area contributed by atoms with Gasteiger partial charge in [-0.2, -0.15) is 0 Å². The molecule has 1 atom stereocenters. The number of rotatable bonds is 1. The smallest absolute Gasteiger partial charge is 0.207 e. The zero-order valence-corrected chi connectivity index (χ0v) is 9.66. The molecule has 0 saturated carbocycles. The Morgan fingerprint density at radius 3 is 2.81 bits per heavy atom. The number of para-hydroxylation sites is 2. The second-order valence-electron chi connectivity index (χ2n) is 3.26. The van der Waals surface area contributed by atoms with E-state index in [2.05, 4.69) is 10.2 Å². The topological polar surface area (TPSA) is 44.2 Å². The van der Waals surface area contributed by atoms with Crippen molar-refractivity contribution in [3.05, 3.63) is 33.7 Å². The van der Waals surface area contributed by atoms with Crippen LogP contribution >= 0.6 is 22.9 Å². The average molecular weight is 255 g/mol. The van der Waals surface area contributed by atoms with E-state index in [1.165, 1.54) is 11.3 Å². The Kier molecular flexibility index (Phi) is 2.41. The Bertz CT molecular complexity index is 517. The van der Waals surface area contributed by atoms with Gasteiger partial charge in [0.2, 0.25) is 4.47 Å². The minimum absolute atomic E-state index is 0.222. The van der Waals surface area contributed by atoms with Crippen molar-refractivity contribution in [1.82, 2.24) is 10.2 Å². The molecule has 1 aliphatic rings. The molecule has 0 saturated heterocycles. The Hall–Kier alpha value is -1.33. The average Bonchev–Trinajstić information content (AvgIpc) is 2.75. The van der Waals surface area contributed by atoms with Gasteiger partial charge in [0, 0.05) is 0 Å². The summed E-state index contributed by atoms with van der Waals surface area (Å²) in [5.74, 6) is 1.49. The quantitative estimate of drug-likeness (QED) is 0.785. The highest BCUT2D eigenvalue weighted by atomic mass is 35.5. The van der Waals surface area contributed by atoms with Gasteiger partial charge in [0.25, 0.3) is 0 Å². The number of benzene rings is 1. The third kappa shape index (κ3) is 1.72. The van der Waals surface area contributed by atoms with Gasteiger partial charge >= 0.3 is 0 Å². The van der Waals surface area contributed by atoms with Crippen LogP contribution in [0.3, 0.4) is 0 Å².